The molecule has 1 atom stereocenters. The molecule has 4 heteroatoms. The van der Waals surface area contributed by atoms with Crippen LogP contribution in [0.25, 0.3) is 0 Å². The molecular formula is C17H30N2O2. The summed E-state index contributed by atoms with van der Waals surface area (Å²) in [6, 6.07) is 0.763. The highest BCUT2D eigenvalue weighted by Crippen LogP contribution is 2.40. The van der Waals surface area contributed by atoms with Crippen molar-refractivity contribution in [3.8, 4) is 0 Å². The van der Waals surface area contributed by atoms with Crippen LogP contribution in [0, 0.1) is 11.3 Å². The molecule has 0 N–H and O–H groups in total. The highest BCUT2D eigenvalue weighted by molar-refractivity contribution is 5.79. The largest absolute Gasteiger partial charge is 0.378 e. The summed E-state index contributed by atoms with van der Waals surface area (Å²) < 4.78 is 5.34. The van der Waals surface area contributed by atoms with Crippen LogP contribution in [0.4, 0.5) is 0 Å². The summed E-state index contributed by atoms with van der Waals surface area (Å²) in [6.07, 6.45) is 6.12. The number of hydrogen-bond acceptors (Lipinski definition) is 3. The van der Waals surface area contributed by atoms with Gasteiger partial charge in [-0.2, -0.15) is 0 Å². The zero-order valence-corrected chi connectivity index (χ0v) is 13.6. The Morgan fingerprint density at radius 2 is 1.71 bits per heavy atom. The van der Waals surface area contributed by atoms with Gasteiger partial charge in [-0.05, 0) is 50.6 Å². The van der Waals surface area contributed by atoms with E-state index in [1.54, 1.807) is 0 Å². The van der Waals surface area contributed by atoms with E-state index in [2.05, 4.69) is 18.7 Å². The quantitative estimate of drug-likeness (QED) is 0.782. The second-order valence-electron chi connectivity index (χ2n) is 7.81. The van der Waals surface area contributed by atoms with Crippen molar-refractivity contribution in [2.75, 3.05) is 39.4 Å². The predicted molar refractivity (Wildman–Crippen MR) is 83.1 cm³/mol. The number of amides is 1. The lowest BCUT2D eigenvalue weighted by atomic mass is 9.90. The highest BCUT2D eigenvalue weighted by Gasteiger charge is 2.37. The van der Waals surface area contributed by atoms with Crippen molar-refractivity contribution in [1.29, 1.82) is 0 Å². The van der Waals surface area contributed by atoms with Gasteiger partial charge in [0.25, 0.3) is 0 Å². The van der Waals surface area contributed by atoms with Gasteiger partial charge in [0.1, 0.15) is 0 Å². The van der Waals surface area contributed by atoms with Gasteiger partial charge in [0.15, 0.2) is 0 Å². The lowest BCUT2D eigenvalue weighted by molar-refractivity contribution is -0.141. The third-order valence-electron chi connectivity index (χ3n) is 5.66. The van der Waals surface area contributed by atoms with E-state index in [1.807, 2.05) is 4.90 Å². The molecule has 1 unspecified atom stereocenters. The van der Waals surface area contributed by atoms with Gasteiger partial charge in [-0.1, -0.05) is 13.8 Å². The van der Waals surface area contributed by atoms with Gasteiger partial charge in [-0.25, -0.2) is 0 Å². The molecule has 0 aromatic carbocycles. The Labute approximate surface area is 128 Å². The van der Waals surface area contributed by atoms with Crippen molar-refractivity contribution in [2.45, 2.75) is 52.0 Å². The minimum Gasteiger partial charge on any atom is -0.378 e. The van der Waals surface area contributed by atoms with Crippen LogP contribution in [0.3, 0.4) is 0 Å². The van der Waals surface area contributed by atoms with Gasteiger partial charge in [0, 0.05) is 25.0 Å². The molecule has 120 valence electrons. The molecule has 0 aromatic rings. The van der Waals surface area contributed by atoms with Gasteiger partial charge in [0.05, 0.1) is 13.2 Å². The monoisotopic (exact) mass is 294 g/mol. The van der Waals surface area contributed by atoms with E-state index in [1.165, 1.54) is 19.3 Å². The summed E-state index contributed by atoms with van der Waals surface area (Å²) in [5.41, 5.74) is 0.519. The molecule has 0 aromatic heterocycles. The molecule has 2 saturated heterocycles. The molecule has 1 aliphatic carbocycles. The zero-order valence-electron chi connectivity index (χ0n) is 13.6. The number of likely N-dealkylation sites (tertiary alicyclic amines) is 1. The van der Waals surface area contributed by atoms with Crippen molar-refractivity contribution in [3.05, 3.63) is 0 Å². The average molecular weight is 294 g/mol. The van der Waals surface area contributed by atoms with Crippen LogP contribution in [0.1, 0.15) is 46.0 Å². The van der Waals surface area contributed by atoms with Gasteiger partial charge in [-0.3, -0.25) is 4.79 Å². The van der Waals surface area contributed by atoms with E-state index in [0.717, 1.165) is 45.1 Å². The van der Waals surface area contributed by atoms with Crippen LogP contribution in [0.2, 0.25) is 0 Å². The molecule has 2 aliphatic heterocycles. The van der Waals surface area contributed by atoms with Crippen LogP contribution in [-0.2, 0) is 9.53 Å². The Kier molecular flexibility index (Phi) is 4.55. The van der Waals surface area contributed by atoms with E-state index in [-0.39, 0.29) is 5.92 Å². The number of rotatable bonds is 2. The molecule has 2 heterocycles. The summed E-state index contributed by atoms with van der Waals surface area (Å²) in [7, 11) is 0. The van der Waals surface area contributed by atoms with Gasteiger partial charge in [0.2, 0.25) is 5.91 Å². The maximum absolute atomic E-state index is 12.5. The molecule has 3 aliphatic rings. The maximum Gasteiger partial charge on any atom is 0.225 e. The summed E-state index contributed by atoms with van der Waals surface area (Å²) in [5, 5.41) is 0. The van der Waals surface area contributed by atoms with Gasteiger partial charge in [-0.15, -0.1) is 0 Å². The number of carbonyl (C=O) groups excluding carboxylic acids is 1. The normalized spacial score (nSPS) is 31.5. The van der Waals surface area contributed by atoms with Crippen molar-refractivity contribution in [2.24, 2.45) is 11.3 Å². The second kappa shape index (κ2) is 6.25. The first-order chi connectivity index (χ1) is 10.1. The Morgan fingerprint density at radius 1 is 1.05 bits per heavy atom. The summed E-state index contributed by atoms with van der Waals surface area (Å²) in [5.74, 6) is 0.637. The number of hydrogen-bond donors (Lipinski definition) is 0. The Morgan fingerprint density at radius 3 is 2.29 bits per heavy atom. The van der Waals surface area contributed by atoms with Crippen LogP contribution in [0.5, 0.6) is 0 Å². The van der Waals surface area contributed by atoms with Crippen LogP contribution in [-0.4, -0.2) is 61.1 Å². The first-order valence-electron chi connectivity index (χ1n) is 8.66. The number of carbonyl (C=O) groups is 1. The molecule has 0 bridgehead atoms. The lowest BCUT2D eigenvalue weighted by Crippen LogP contribution is -2.48. The number of ether oxygens (including phenoxy) is 1. The molecular weight excluding hydrogens is 264 g/mol. The van der Waals surface area contributed by atoms with Gasteiger partial charge < -0.3 is 14.5 Å². The first kappa shape index (κ1) is 15.3. The number of piperidine rings is 1. The van der Waals surface area contributed by atoms with E-state index >= 15 is 0 Å². The fourth-order valence-electron chi connectivity index (χ4n) is 4.26. The SMILES string of the molecule is CC1(C)CCC(N2CCC(C(=O)N3CCOCC3)CC2)C1. The summed E-state index contributed by atoms with van der Waals surface area (Å²) in [4.78, 5) is 17.2. The van der Waals surface area contributed by atoms with E-state index in [0.29, 0.717) is 24.5 Å². The summed E-state index contributed by atoms with van der Waals surface area (Å²) >= 11 is 0. The standard InChI is InChI=1S/C17H30N2O2/c1-17(2)6-3-15(13-17)18-7-4-14(5-8-18)16(20)19-9-11-21-12-10-19/h14-15H,3-13H2,1-2H3. The van der Waals surface area contributed by atoms with Gasteiger partial charge >= 0.3 is 0 Å². The third-order valence-corrected chi connectivity index (χ3v) is 5.66. The van der Waals surface area contributed by atoms with Crippen LogP contribution in [0.15, 0.2) is 0 Å². The Hall–Kier alpha value is -0.610. The smallest absolute Gasteiger partial charge is 0.225 e. The lowest BCUT2D eigenvalue weighted by Gasteiger charge is -2.38. The molecule has 1 amide bonds. The average Bonchev–Trinajstić information content (AvgIpc) is 2.88. The molecule has 0 spiro atoms. The number of nitrogens with zero attached hydrogens (tertiary/aromatic N) is 2. The van der Waals surface area contributed by atoms with E-state index < -0.39 is 0 Å². The Bertz CT molecular complexity index is 369. The Balaban J connectivity index is 1.47. The van der Waals surface area contributed by atoms with E-state index in [9.17, 15) is 4.79 Å². The minimum absolute atomic E-state index is 0.258. The minimum atomic E-state index is 0.258. The molecule has 0 radical (unpaired) electrons. The maximum atomic E-state index is 12.5. The van der Waals surface area contributed by atoms with Crippen molar-refractivity contribution < 1.29 is 9.53 Å². The molecule has 21 heavy (non-hydrogen) atoms. The van der Waals surface area contributed by atoms with Crippen molar-refractivity contribution >= 4 is 5.91 Å². The third kappa shape index (κ3) is 3.59. The molecule has 4 nitrogen and oxygen atoms in total. The summed E-state index contributed by atoms with van der Waals surface area (Å²) in [6.45, 7) is 10.0. The van der Waals surface area contributed by atoms with Crippen molar-refractivity contribution in [1.82, 2.24) is 9.80 Å². The predicted octanol–water partition coefficient (Wildman–Crippen LogP) is 2.14. The first-order valence-corrected chi connectivity index (χ1v) is 8.66. The highest BCUT2D eigenvalue weighted by atomic mass is 16.5. The molecule has 3 rings (SSSR count). The fraction of sp³-hybridized carbons (Fsp3) is 0.941. The van der Waals surface area contributed by atoms with Crippen LogP contribution >= 0.6 is 0 Å². The second-order valence-corrected chi connectivity index (χ2v) is 7.81. The van der Waals surface area contributed by atoms with Crippen LogP contribution < -0.4 is 0 Å². The zero-order chi connectivity index (χ0) is 14.9. The van der Waals surface area contributed by atoms with E-state index in [4.69, 9.17) is 4.74 Å². The molecule has 1 saturated carbocycles. The molecule has 3 fully saturated rings. The number of morpholine rings is 1. The van der Waals surface area contributed by atoms with Crippen molar-refractivity contribution in [3.63, 3.8) is 0 Å². The topological polar surface area (TPSA) is 32.8 Å². The fourth-order valence-corrected chi connectivity index (χ4v) is 4.26.